The van der Waals surface area contributed by atoms with E-state index in [0.717, 1.165) is 5.56 Å². The molecule has 2 atom stereocenters. The normalized spacial score (nSPS) is 20.5. The third-order valence-corrected chi connectivity index (χ3v) is 3.32. The fourth-order valence-electron chi connectivity index (χ4n) is 2.09. The van der Waals surface area contributed by atoms with Crippen LogP contribution in [0.15, 0.2) is 18.2 Å². The van der Waals surface area contributed by atoms with Crippen LogP contribution in [0.4, 0.5) is 0 Å². The molecule has 0 saturated carbocycles. The Hall–Kier alpha value is -1.75. The smallest absolute Gasteiger partial charge is 0.263 e. The number of aliphatic hydroxyl groups is 1. The summed E-state index contributed by atoms with van der Waals surface area (Å²) in [5.41, 5.74) is 0.749. The summed E-state index contributed by atoms with van der Waals surface area (Å²) >= 11 is 0. The molecular weight excluding hydrogens is 246 g/mol. The zero-order valence-corrected chi connectivity index (χ0v) is 11.4. The van der Waals surface area contributed by atoms with Gasteiger partial charge >= 0.3 is 0 Å². The number of amides is 1. The zero-order chi connectivity index (χ0) is 14.0. The lowest BCUT2D eigenvalue weighted by Gasteiger charge is -2.16. The lowest BCUT2D eigenvalue weighted by atomic mass is 10.1. The largest absolute Gasteiger partial charge is 0.493 e. The van der Waals surface area contributed by atoms with E-state index in [2.05, 4.69) is 0 Å². The molecule has 1 heterocycles. The van der Waals surface area contributed by atoms with Gasteiger partial charge in [0.25, 0.3) is 5.91 Å². The van der Waals surface area contributed by atoms with Gasteiger partial charge in [-0.05, 0) is 24.6 Å². The predicted octanol–water partition coefficient (Wildman–Crippen LogP) is 1.36. The van der Waals surface area contributed by atoms with Crippen molar-refractivity contribution in [1.29, 1.82) is 0 Å². The molecule has 1 aromatic rings. The van der Waals surface area contributed by atoms with E-state index in [-0.39, 0.29) is 5.91 Å². The van der Waals surface area contributed by atoms with Crippen molar-refractivity contribution in [3.63, 3.8) is 0 Å². The lowest BCUT2D eigenvalue weighted by Crippen LogP contribution is -2.29. The number of benzene rings is 1. The van der Waals surface area contributed by atoms with Crippen molar-refractivity contribution >= 4 is 5.91 Å². The number of aliphatic hydroxyl groups excluding tert-OH is 1. The van der Waals surface area contributed by atoms with Gasteiger partial charge in [-0.2, -0.15) is 0 Å². The van der Waals surface area contributed by atoms with Crippen LogP contribution in [0.3, 0.4) is 0 Å². The summed E-state index contributed by atoms with van der Waals surface area (Å²) in [5, 5.41) is 9.54. The second kappa shape index (κ2) is 5.48. The number of ether oxygens (including phenoxy) is 2. The summed E-state index contributed by atoms with van der Waals surface area (Å²) in [7, 11) is 3.30. The molecule has 2 rings (SSSR count). The molecule has 1 saturated heterocycles. The second-order valence-electron chi connectivity index (χ2n) is 4.74. The van der Waals surface area contributed by atoms with E-state index in [1.54, 1.807) is 37.1 Å². The Morgan fingerprint density at radius 2 is 2.16 bits per heavy atom. The molecule has 1 unspecified atom stereocenters. The maximum Gasteiger partial charge on any atom is 0.263 e. The topological polar surface area (TPSA) is 59.0 Å². The zero-order valence-electron chi connectivity index (χ0n) is 11.4. The summed E-state index contributed by atoms with van der Waals surface area (Å²) in [4.78, 5) is 13.5. The van der Waals surface area contributed by atoms with Crippen LogP contribution in [-0.4, -0.2) is 42.7 Å². The monoisotopic (exact) mass is 265 g/mol. The molecule has 1 fully saturated rings. The summed E-state index contributed by atoms with van der Waals surface area (Å²) in [6, 6.07) is 5.22. The van der Waals surface area contributed by atoms with Gasteiger partial charge in [-0.15, -0.1) is 0 Å². The van der Waals surface area contributed by atoms with Gasteiger partial charge in [0.1, 0.15) is 0 Å². The summed E-state index contributed by atoms with van der Waals surface area (Å²) < 4.78 is 11.0. The fraction of sp³-hybridized carbons (Fsp3) is 0.500. The maximum absolute atomic E-state index is 11.8. The van der Waals surface area contributed by atoms with E-state index in [4.69, 9.17) is 9.47 Å². The molecule has 0 aromatic heterocycles. The SMILES string of the molecule is COc1cc([C@@H](C)O)ccc1OC1CCN(C)C1=O. The van der Waals surface area contributed by atoms with E-state index in [1.165, 1.54) is 7.11 Å². The van der Waals surface area contributed by atoms with Gasteiger partial charge in [0.05, 0.1) is 13.2 Å². The minimum atomic E-state index is -0.567. The molecule has 1 aromatic carbocycles. The Bertz CT molecular complexity index is 473. The lowest BCUT2D eigenvalue weighted by molar-refractivity contribution is -0.132. The second-order valence-corrected chi connectivity index (χ2v) is 4.74. The molecule has 1 amide bonds. The molecule has 19 heavy (non-hydrogen) atoms. The minimum absolute atomic E-state index is 0.0124. The van der Waals surface area contributed by atoms with Crippen molar-refractivity contribution in [2.75, 3.05) is 20.7 Å². The van der Waals surface area contributed by atoms with Crippen molar-refractivity contribution in [2.45, 2.75) is 25.6 Å². The average Bonchev–Trinajstić information content (AvgIpc) is 2.71. The van der Waals surface area contributed by atoms with Crippen molar-refractivity contribution < 1.29 is 19.4 Å². The van der Waals surface area contributed by atoms with Gasteiger partial charge in [-0.25, -0.2) is 0 Å². The molecule has 5 heteroatoms. The van der Waals surface area contributed by atoms with Gasteiger partial charge < -0.3 is 19.5 Å². The highest BCUT2D eigenvalue weighted by Crippen LogP contribution is 2.32. The van der Waals surface area contributed by atoms with Crippen molar-refractivity contribution in [3.05, 3.63) is 23.8 Å². The summed E-state index contributed by atoms with van der Waals surface area (Å²) in [5.74, 6) is 1.04. The molecule has 0 radical (unpaired) electrons. The Morgan fingerprint density at radius 3 is 2.68 bits per heavy atom. The summed E-state index contributed by atoms with van der Waals surface area (Å²) in [6.45, 7) is 2.39. The minimum Gasteiger partial charge on any atom is -0.493 e. The Labute approximate surface area is 112 Å². The predicted molar refractivity (Wildman–Crippen MR) is 70.3 cm³/mol. The first-order chi connectivity index (χ1) is 9.02. The fourth-order valence-corrected chi connectivity index (χ4v) is 2.09. The average molecular weight is 265 g/mol. The van der Waals surface area contributed by atoms with E-state index < -0.39 is 12.2 Å². The highest BCUT2D eigenvalue weighted by molar-refractivity contribution is 5.83. The van der Waals surface area contributed by atoms with Crippen molar-refractivity contribution in [1.82, 2.24) is 4.90 Å². The van der Waals surface area contributed by atoms with E-state index in [0.29, 0.717) is 24.5 Å². The number of likely N-dealkylation sites (tertiary alicyclic amines) is 1. The Kier molecular flexibility index (Phi) is 3.95. The first-order valence-corrected chi connectivity index (χ1v) is 6.30. The number of nitrogens with zero attached hydrogens (tertiary/aromatic N) is 1. The number of hydrogen-bond acceptors (Lipinski definition) is 4. The maximum atomic E-state index is 11.8. The van der Waals surface area contributed by atoms with Gasteiger partial charge in [0, 0.05) is 20.0 Å². The highest BCUT2D eigenvalue weighted by Gasteiger charge is 2.31. The molecule has 0 spiro atoms. The van der Waals surface area contributed by atoms with E-state index in [9.17, 15) is 9.90 Å². The molecular formula is C14H19NO4. The number of likely N-dealkylation sites (N-methyl/N-ethyl adjacent to an activating group) is 1. The van der Waals surface area contributed by atoms with Crippen LogP contribution in [0, 0.1) is 0 Å². The van der Waals surface area contributed by atoms with Crippen LogP contribution < -0.4 is 9.47 Å². The third-order valence-electron chi connectivity index (χ3n) is 3.32. The molecule has 1 N–H and O–H groups in total. The van der Waals surface area contributed by atoms with Gasteiger partial charge in [0.15, 0.2) is 17.6 Å². The first kappa shape index (κ1) is 13.7. The standard InChI is InChI=1S/C14H19NO4/c1-9(16)10-4-5-11(13(8-10)18-3)19-12-6-7-15(2)14(12)17/h4-5,8-9,12,16H,6-7H2,1-3H3/t9-,12?/m1/s1. The van der Waals surface area contributed by atoms with Gasteiger partial charge in [-0.3, -0.25) is 4.79 Å². The van der Waals surface area contributed by atoms with E-state index >= 15 is 0 Å². The van der Waals surface area contributed by atoms with Crippen LogP contribution in [0.25, 0.3) is 0 Å². The summed E-state index contributed by atoms with van der Waals surface area (Å²) in [6.07, 6.45) is -0.338. The molecule has 0 bridgehead atoms. The number of carbonyl (C=O) groups excluding carboxylic acids is 1. The third kappa shape index (κ3) is 2.81. The van der Waals surface area contributed by atoms with Crippen LogP contribution >= 0.6 is 0 Å². The van der Waals surface area contributed by atoms with Crippen LogP contribution in [-0.2, 0) is 4.79 Å². The quantitative estimate of drug-likeness (QED) is 0.893. The number of hydrogen-bond donors (Lipinski definition) is 1. The molecule has 5 nitrogen and oxygen atoms in total. The van der Waals surface area contributed by atoms with Crippen molar-refractivity contribution in [2.24, 2.45) is 0 Å². The molecule has 0 aliphatic carbocycles. The van der Waals surface area contributed by atoms with Crippen molar-refractivity contribution in [3.8, 4) is 11.5 Å². The molecule has 1 aliphatic heterocycles. The van der Waals surface area contributed by atoms with Crippen LogP contribution in [0.5, 0.6) is 11.5 Å². The number of carbonyl (C=O) groups is 1. The van der Waals surface area contributed by atoms with Gasteiger partial charge in [0.2, 0.25) is 0 Å². The number of methoxy groups -OCH3 is 1. The van der Waals surface area contributed by atoms with Crippen LogP contribution in [0.2, 0.25) is 0 Å². The highest BCUT2D eigenvalue weighted by atomic mass is 16.5. The van der Waals surface area contributed by atoms with Crippen LogP contribution in [0.1, 0.15) is 25.0 Å². The first-order valence-electron chi connectivity index (χ1n) is 6.30. The Morgan fingerprint density at radius 1 is 1.42 bits per heavy atom. The molecule has 104 valence electrons. The Balaban J connectivity index is 2.18. The number of rotatable bonds is 4. The molecule has 1 aliphatic rings. The van der Waals surface area contributed by atoms with Gasteiger partial charge in [-0.1, -0.05) is 6.07 Å². The van der Waals surface area contributed by atoms with E-state index in [1.807, 2.05) is 0 Å².